The van der Waals surface area contributed by atoms with E-state index in [-0.39, 0.29) is 32.4 Å². The van der Waals surface area contributed by atoms with E-state index in [1.54, 1.807) is 45.0 Å². The molecule has 0 aliphatic rings. The maximum absolute atomic E-state index is 13.7. The number of amides is 5. The summed E-state index contributed by atoms with van der Waals surface area (Å²) < 4.78 is 15.5. The van der Waals surface area contributed by atoms with Gasteiger partial charge in [0.15, 0.2) is 0 Å². The van der Waals surface area contributed by atoms with Crippen LogP contribution in [0.15, 0.2) is 91.0 Å². The fourth-order valence-corrected chi connectivity index (χ4v) is 5.35. The zero-order valence-electron chi connectivity index (χ0n) is 32.1. The summed E-state index contributed by atoms with van der Waals surface area (Å²) >= 11 is 0. The van der Waals surface area contributed by atoms with Crippen LogP contribution in [-0.4, -0.2) is 79.3 Å². The number of ether oxygens (including phenoxy) is 3. The highest BCUT2D eigenvalue weighted by atomic mass is 16.6. The summed E-state index contributed by atoms with van der Waals surface area (Å²) in [5.74, 6) is -2.59. The van der Waals surface area contributed by atoms with E-state index in [0.717, 1.165) is 16.7 Å². The van der Waals surface area contributed by atoms with Gasteiger partial charge in [0.1, 0.15) is 36.4 Å². The maximum atomic E-state index is 13.7. The molecule has 0 spiro atoms. The number of hydrogen-bond donors (Lipinski definition) is 5. The lowest BCUT2D eigenvalue weighted by Gasteiger charge is -2.26. The molecule has 0 saturated carbocycles. The van der Waals surface area contributed by atoms with Gasteiger partial charge in [0.25, 0.3) is 0 Å². The highest BCUT2D eigenvalue weighted by Gasteiger charge is 2.31. The van der Waals surface area contributed by atoms with Crippen LogP contribution in [0.5, 0.6) is 0 Å². The first-order valence-corrected chi connectivity index (χ1v) is 18.2. The average Bonchev–Trinajstić information content (AvgIpc) is 3.16. The molecule has 3 aromatic carbocycles. The van der Waals surface area contributed by atoms with E-state index in [4.69, 9.17) is 14.2 Å². The number of carbonyl (C=O) groups excluding carboxylic acids is 6. The highest BCUT2D eigenvalue weighted by molar-refractivity contribution is 5.94. The number of nitrogens with one attached hydrogen (secondary N) is 5. The van der Waals surface area contributed by atoms with Gasteiger partial charge in [-0.25, -0.2) is 14.4 Å². The maximum Gasteiger partial charge on any atom is 0.408 e. The van der Waals surface area contributed by atoms with Crippen molar-refractivity contribution in [1.82, 2.24) is 26.6 Å². The van der Waals surface area contributed by atoms with E-state index in [1.165, 1.54) is 14.0 Å². The summed E-state index contributed by atoms with van der Waals surface area (Å²) in [4.78, 5) is 78.2. The lowest BCUT2D eigenvalue weighted by Crippen LogP contribution is -2.57. The van der Waals surface area contributed by atoms with E-state index in [9.17, 15) is 28.8 Å². The Kier molecular flexibility index (Phi) is 17.7. The number of carbonyl (C=O) groups is 6. The summed E-state index contributed by atoms with van der Waals surface area (Å²) in [5.41, 5.74) is 1.57. The third-order valence-corrected chi connectivity index (χ3v) is 8.16. The molecule has 0 aromatic heterocycles. The Morgan fingerprint density at radius 2 is 1.11 bits per heavy atom. The molecule has 0 aliphatic carbocycles. The van der Waals surface area contributed by atoms with Gasteiger partial charge in [0.2, 0.25) is 17.7 Å². The van der Waals surface area contributed by atoms with E-state index in [2.05, 4.69) is 26.6 Å². The first-order chi connectivity index (χ1) is 26.2. The normalized spacial score (nSPS) is 13.1. The number of esters is 1. The Hall–Kier alpha value is -5.92. The van der Waals surface area contributed by atoms with Gasteiger partial charge in [-0.3, -0.25) is 14.4 Å². The minimum atomic E-state index is -1.14. The van der Waals surface area contributed by atoms with Crippen molar-refractivity contribution in [2.75, 3.05) is 13.7 Å². The summed E-state index contributed by atoms with van der Waals surface area (Å²) in [6.45, 7) is 6.91. The van der Waals surface area contributed by atoms with Gasteiger partial charge in [-0.15, -0.1) is 0 Å². The van der Waals surface area contributed by atoms with Crippen LogP contribution in [-0.2, 0) is 52.8 Å². The minimum Gasteiger partial charge on any atom is -0.467 e. The van der Waals surface area contributed by atoms with Gasteiger partial charge in [0, 0.05) is 19.4 Å². The Labute approximate surface area is 322 Å². The number of hydrogen-bond acceptors (Lipinski definition) is 9. The second-order valence-corrected chi connectivity index (χ2v) is 13.9. The molecule has 0 bridgehead atoms. The first-order valence-electron chi connectivity index (χ1n) is 18.2. The van der Waals surface area contributed by atoms with Gasteiger partial charge < -0.3 is 40.8 Å². The fraction of sp³-hybridized carbons (Fsp3) is 0.415. The molecular weight excluding hydrogens is 706 g/mol. The molecule has 4 atom stereocenters. The molecule has 55 heavy (non-hydrogen) atoms. The monoisotopic (exact) mass is 759 g/mol. The molecule has 0 radical (unpaired) electrons. The van der Waals surface area contributed by atoms with E-state index >= 15 is 0 Å². The largest absolute Gasteiger partial charge is 0.467 e. The molecule has 0 heterocycles. The molecule has 5 amide bonds. The lowest BCUT2D eigenvalue weighted by molar-refractivity contribution is -0.145. The molecule has 14 heteroatoms. The Balaban J connectivity index is 1.64. The number of methoxy groups -OCH3 is 1. The molecule has 296 valence electrons. The zero-order valence-corrected chi connectivity index (χ0v) is 32.1. The smallest absolute Gasteiger partial charge is 0.408 e. The van der Waals surface area contributed by atoms with Crippen molar-refractivity contribution in [3.8, 4) is 0 Å². The second-order valence-electron chi connectivity index (χ2n) is 13.9. The molecule has 3 rings (SSSR count). The SMILES string of the molecule is COC(=O)[C@H](Cc1ccccc1)NC(=O)[C@H](Cc1ccccc1)NC(=O)[C@H](C)NC(=O)[C@@H](CCCCNC(=O)OCc1ccccc1)NC(=O)OC(C)(C)C. The Morgan fingerprint density at radius 3 is 1.65 bits per heavy atom. The minimum absolute atomic E-state index is 0.0922. The highest BCUT2D eigenvalue weighted by Crippen LogP contribution is 2.11. The number of rotatable bonds is 19. The third kappa shape index (κ3) is 16.7. The van der Waals surface area contributed by atoms with Gasteiger partial charge in [-0.1, -0.05) is 91.0 Å². The van der Waals surface area contributed by atoms with Crippen molar-refractivity contribution in [3.63, 3.8) is 0 Å². The van der Waals surface area contributed by atoms with Crippen molar-refractivity contribution < 1.29 is 43.0 Å². The fourth-order valence-electron chi connectivity index (χ4n) is 5.35. The van der Waals surface area contributed by atoms with Gasteiger partial charge in [-0.05, 0) is 63.6 Å². The summed E-state index contributed by atoms with van der Waals surface area (Å²) in [5, 5.41) is 13.3. The van der Waals surface area contributed by atoms with Gasteiger partial charge in [0.05, 0.1) is 7.11 Å². The Morgan fingerprint density at radius 1 is 0.600 bits per heavy atom. The molecule has 3 aromatic rings. The number of alkyl carbamates (subject to hydrolysis) is 2. The van der Waals surface area contributed by atoms with Crippen LogP contribution >= 0.6 is 0 Å². The first kappa shape index (κ1) is 43.5. The van der Waals surface area contributed by atoms with Crippen molar-refractivity contribution in [1.29, 1.82) is 0 Å². The molecule has 14 nitrogen and oxygen atoms in total. The average molecular weight is 760 g/mol. The Bertz CT molecular complexity index is 1680. The quantitative estimate of drug-likeness (QED) is 0.0681. The second kappa shape index (κ2) is 22.3. The molecular formula is C41H53N5O9. The van der Waals surface area contributed by atoms with Gasteiger partial charge >= 0.3 is 18.2 Å². The van der Waals surface area contributed by atoms with Crippen LogP contribution in [0.25, 0.3) is 0 Å². The van der Waals surface area contributed by atoms with E-state index in [0.29, 0.717) is 12.8 Å². The van der Waals surface area contributed by atoms with Gasteiger partial charge in [-0.2, -0.15) is 0 Å². The van der Waals surface area contributed by atoms with Crippen LogP contribution in [0.1, 0.15) is 63.6 Å². The topological polar surface area (TPSA) is 190 Å². The zero-order chi connectivity index (χ0) is 40.2. The van der Waals surface area contributed by atoms with E-state index < -0.39 is 65.6 Å². The predicted molar refractivity (Wildman–Crippen MR) is 205 cm³/mol. The molecule has 0 aliphatic heterocycles. The van der Waals surface area contributed by atoms with Crippen molar-refractivity contribution >= 4 is 35.9 Å². The molecule has 0 fully saturated rings. The molecule has 5 N–H and O–H groups in total. The van der Waals surface area contributed by atoms with Crippen molar-refractivity contribution in [2.24, 2.45) is 0 Å². The predicted octanol–water partition coefficient (Wildman–Crippen LogP) is 4.11. The third-order valence-electron chi connectivity index (χ3n) is 8.16. The standard InChI is InChI=1S/C41H53N5O9/c1-28(35(47)44-33(25-29-17-9-6-10-18-29)37(49)45-34(38(50)53-5)26-30-19-11-7-12-20-30)43-36(48)32(46-40(52)55-41(2,3)4)23-15-16-24-42-39(51)54-27-31-21-13-8-14-22-31/h6-14,17-22,28,32-34H,15-16,23-27H2,1-5H3,(H,42,51)(H,43,48)(H,44,47)(H,45,49)(H,46,52)/t28-,32+,33-,34-/m0/s1. The number of benzene rings is 3. The van der Waals surface area contributed by atoms with Crippen molar-refractivity contribution in [3.05, 3.63) is 108 Å². The van der Waals surface area contributed by atoms with Crippen LogP contribution in [0.3, 0.4) is 0 Å². The van der Waals surface area contributed by atoms with Crippen LogP contribution in [0, 0.1) is 0 Å². The molecule has 0 saturated heterocycles. The van der Waals surface area contributed by atoms with Crippen LogP contribution in [0.2, 0.25) is 0 Å². The summed E-state index contributed by atoms with van der Waals surface area (Å²) in [6.07, 6.45) is -0.105. The van der Waals surface area contributed by atoms with Crippen molar-refractivity contribution in [2.45, 2.75) is 96.2 Å². The van der Waals surface area contributed by atoms with Crippen LogP contribution in [0.4, 0.5) is 9.59 Å². The summed E-state index contributed by atoms with van der Waals surface area (Å²) in [7, 11) is 1.23. The molecule has 0 unspecified atom stereocenters. The lowest BCUT2D eigenvalue weighted by atomic mass is 10.0. The summed E-state index contributed by atoms with van der Waals surface area (Å²) in [6, 6.07) is 23.0. The number of unbranched alkanes of at least 4 members (excludes halogenated alkanes) is 1. The van der Waals surface area contributed by atoms with E-state index in [1.807, 2.05) is 66.7 Å². The van der Waals surface area contributed by atoms with Crippen LogP contribution < -0.4 is 26.6 Å².